The molecule has 0 aromatic heterocycles. The van der Waals surface area contributed by atoms with Crippen molar-refractivity contribution in [1.29, 1.82) is 0 Å². The van der Waals surface area contributed by atoms with Crippen molar-refractivity contribution in [3.05, 3.63) is 32.4 Å². The van der Waals surface area contributed by atoms with Crippen LogP contribution in [0.3, 0.4) is 0 Å². The standard InChI is InChI=1S/C15H21NO5/c1-10-11(2)15(18)13(12(3)14(10)17)8-6-4-5-7-9-21-16(19)20/h4-9H2,1-3H3. The lowest BCUT2D eigenvalue weighted by molar-refractivity contribution is -0.757. The predicted octanol–water partition coefficient (Wildman–Crippen LogP) is 2.95. The van der Waals surface area contributed by atoms with Crippen molar-refractivity contribution in [3.8, 4) is 0 Å². The van der Waals surface area contributed by atoms with E-state index >= 15 is 0 Å². The van der Waals surface area contributed by atoms with E-state index in [1.54, 1.807) is 20.8 Å². The molecule has 0 aliphatic heterocycles. The number of carbonyl (C=O) groups excluding carboxylic acids is 2. The molecule has 1 rings (SSSR count). The van der Waals surface area contributed by atoms with Gasteiger partial charge in [0.2, 0.25) is 0 Å². The topological polar surface area (TPSA) is 86.5 Å². The van der Waals surface area contributed by atoms with Crippen molar-refractivity contribution in [2.45, 2.75) is 52.9 Å². The smallest absolute Gasteiger partial charge is 0.294 e. The summed E-state index contributed by atoms with van der Waals surface area (Å²) in [4.78, 5) is 38.3. The molecule has 116 valence electrons. The fourth-order valence-electron chi connectivity index (χ4n) is 2.35. The highest BCUT2D eigenvalue weighted by Crippen LogP contribution is 2.27. The van der Waals surface area contributed by atoms with E-state index in [2.05, 4.69) is 4.84 Å². The maximum Gasteiger partial charge on any atom is 0.294 e. The van der Waals surface area contributed by atoms with E-state index in [-0.39, 0.29) is 18.2 Å². The number of ketones is 2. The molecule has 0 unspecified atom stereocenters. The van der Waals surface area contributed by atoms with Gasteiger partial charge in [-0.25, -0.2) is 0 Å². The molecule has 0 aromatic rings. The van der Waals surface area contributed by atoms with Gasteiger partial charge in [-0.15, -0.1) is 10.1 Å². The van der Waals surface area contributed by atoms with E-state index < -0.39 is 5.09 Å². The van der Waals surface area contributed by atoms with Crippen molar-refractivity contribution in [3.63, 3.8) is 0 Å². The predicted molar refractivity (Wildman–Crippen MR) is 77.1 cm³/mol. The molecule has 6 nitrogen and oxygen atoms in total. The summed E-state index contributed by atoms with van der Waals surface area (Å²) >= 11 is 0. The van der Waals surface area contributed by atoms with Crippen LogP contribution in [0.15, 0.2) is 22.3 Å². The molecule has 1 aliphatic carbocycles. The fourth-order valence-corrected chi connectivity index (χ4v) is 2.35. The number of unbranched alkanes of at least 4 members (excludes halogenated alkanes) is 3. The van der Waals surface area contributed by atoms with Crippen molar-refractivity contribution < 1.29 is 19.5 Å². The third-order valence-electron chi connectivity index (χ3n) is 3.83. The van der Waals surface area contributed by atoms with Crippen LogP contribution in [0, 0.1) is 10.1 Å². The number of hydrogen-bond acceptors (Lipinski definition) is 5. The summed E-state index contributed by atoms with van der Waals surface area (Å²) in [6.07, 6.45) is 3.63. The lowest BCUT2D eigenvalue weighted by Gasteiger charge is -2.18. The van der Waals surface area contributed by atoms with Crippen LogP contribution in [0.2, 0.25) is 0 Å². The molecule has 0 fully saturated rings. The van der Waals surface area contributed by atoms with Crippen LogP contribution in [0.25, 0.3) is 0 Å². The maximum absolute atomic E-state index is 12.2. The van der Waals surface area contributed by atoms with Gasteiger partial charge in [-0.05, 0) is 40.0 Å². The van der Waals surface area contributed by atoms with Gasteiger partial charge in [-0.1, -0.05) is 12.8 Å². The molecular formula is C15H21NO5. The van der Waals surface area contributed by atoms with Crippen LogP contribution in [0.1, 0.15) is 52.9 Å². The summed E-state index contributed by atoms with van der Waals surface area (Å²) < 4.78 is 0. The van der Waals surface area contributed by atoms with E-state index in [1.165, 1.54) is 0 Å². The molecule has 0 spiro atoms. The highest BCUT2D eigenvalue weighted by atomic mass is 16.9. The second kappa shape index (κ2) is 7.71. The first-order valence-electron chi connectivity index (χ1n) is 7.10. The Morgan fingerprint density at radius 1 is 0.905 bits per heavy atom. The highest BCUT2D eigenvalue weighted by molar-refractivity contribution is 6.24. The molecule has 0 bridgehead atoms. The van der Waals surface area contributed by atoms with E-state index in [9.17, 15) is 19.7 Å². The molecule has 0 saturated carbocycles. The van der Waals surface area contributed by atoms with Crippen molar-refractivity contribution in [2.75, 3.05) is 6.61 Å². The van der Waals surface area contributed by atoms with Crippen molar-refractivity contribution >= 4 is 11.6 Å². The third kappa shape index (κ3) is 4.51. The molecule has 0 saturated heterocycles. The zero-order valence-corrected chi connectivity index (χ0v) is 12.7. The molecule has 0 radical (unpaired) electrons. The molecule has 0 atom stereocenters. The second-order valence-corrected chi connectivity index (χ2v) is 5.23. The maximum atomic E-state index is 12.2. The van der Waals surface area contributed by atoms with E-state index in [1.807, 2.05) is 0 Å². The highest BCUT2D eigenvalue weighted by Gasteiger charge is 2.26. The van der Waals surface area contributed by atoms with E-state index in [0.717, 1.165) is 19.3 Å². The molecule has 0 heterocycles. The van der Waals surface area contributed by atoms with Gasteiger partial charge in [0.15, 0.2) is 11.6 Å². The quantitative estimate of drug-likeness (QED) is 0.297. The minimum Gasteiger partial charge on any atom is -0.314 e. The van der Waals surface area contributed by atoms with Crippen LogP contribution >= 0.6 is 0 Å². The minimum atomic E-state index is -0.794. The molecule has 0 amide bonds. The first-order valence-corrected chi connectivity index (χ1v) is 7.10. The molecule has 21 heavy (non-hydrogen) atoms. The van der Waals surface area contributed by atoms with Gasteiger partial charge in [0.05, 0.1) is 6.61 Å². The van der Waals surface area contributed by atoms with Gasteiger partial charge in [0, 0.05) is 22.3 Å². The Morgan fingerprint density at radius 3 is 2.10 bits per heavy atom. The second-order valence-electron chi connectivity index (χ2n) is 5.23. The van der Waals surface area contributed by atoms with Crippen LogP contribution in [-0.2, 0) is 14.4 Å². The van der Waals surface area contributed by atoms with Gasteiger partial charge in [-0.2, -0.15) is 0 Å². The summed E-state index contributed by atoms with van der Waals surface area (Å²) in [7, 11) is 0. The van der Waals surface area contributed by atoms with Crippen molar-refractivity contribution in [2.24, 2.45) is 0 Å². The number of carbonyl (C=O) groups is 2. The van der Waals surface area contributed by atoms with E-state index in [4.69, 9.17) is 0 Å². The largest absolute Gasteiger partial charge is 0.314 e. The number of Topliss-reactive ketones (excluding diaryl/α,β-unsaturated/α-hetero) is 2. The van der Waals surface area contributed by atoms with Gasteiger partial charge in [0.1, 0.15) is 0 Å². The zero-order chi connectivity index (χ0) is 16.0. The van der Waals surface area contributed by atoms with Crippen LogP contribution in [0.5, 0.6) is 0 Å². The average Bonchev–Trinajstić information content (AvgIpc) is 2.45. The fraction of sp³-hybridized carbons (Fsp3) is 0.600. The minimum absolute atomic E-state index is 0.0266. The molecular weight excluding hydrogens is 274 g/mol. The Kier molecular flexibility index (Phi) is 6.27. The van der Waals surface area contributed by atoms with Gasteiger partial charge in [-0.3, -0.25) is 9.59 Å². The summed E-state index contributed by atoms with van der Waals surface area (Å²) in [5.74, 6) is -0.0669. The van der Waals surface area contributed by atoms with Crippen LogP contribution < -0.4 is 0 Å². The SMILES string of the molecule is CC1=C(C)C(=O)C(CCCCCCO[N+](=O)[O-])=C(C)C1=O. The first kappa shape index (κ1) is 17.1. The summed E-state index contributed by atoms with van der Waals surface area (Å²) in [5.41, 5.74) is 2.25. The lowest BCUT2D eigenvalue weighted by atomic mass is 9.84. The van der Waals surface area contributed by atoms with Gasteiger partial charge in [0.25, 0.3) is 5.09 Å². The molecule has 6 heteroatoms. The molecule has 0 N–H and O–H groups in total. The first-order chi connectivity index (χ1) is 9.86. The summed E-state index contributed by atoms with van der Waals surface area (Å²) in [5, 5.41) is 9.16. The number of hydrogen-bond donors (Lipinski definition) is 0. The zero-order valence-electron chi connectivity index (χ0n) is 12.7. The molecule has 0 aromatic carbocycles. The Bertz CT molecular complexity index is 516. The van der Waals surface area contributed by atoms with Gasteiger partial charge >= 0.3 is 0 Å². The van der Waals surface area contributed by atoms with Crippen LogP contribution in [-0.4, -0.2) is 23.3 Å². The Labute approximate surface area is 124 Å². The third-order valence-corrected chi connectivity index (χ3v) is 3.83. The summed E-state index contributed by atoms with van der Waals surface area (Å²) in [6, 6.07) is 0. The number of nitrogens with zero attached hydrogens (tertiary/aromatic N) is 1. The number of rotatable bonds is 8. The van der Waals surface area contributed by atoms with E-state index in [0.29, 0.717) is 35.1 Å². The number of allylic oxidation sites excluding steroid dienone is 4. The Morgan fingerprint density at radius 2 is 1.48 bits per heavy atom. The lowest BCUT2D eigenvalue weighted by Crippen LogP contribution is -2.20. The average molecular weight is 295 g/mol. The summed E-state index contributed by atoms with van der Waals surface area (Å²) in [6.45, 7) is 5.19. The van der Waals surface area contributed by atoms with Crippen molar-refractivity contribution in [1.82, 2.24) is 0 Å². The Balaban J connectivity index is 2.40. The monoisotopic (exact) mass is 295 g/mol. The molecule has 1 aliphatic rings. The Hall–Kier alpha value is -1.98. The van der Waals surface area contributed by atoms with Gasteiger partial charge < -0.3 is 4.84 Å². The van der Waals surface area contributed by atoms with Crippen LogP contribution in [0.4, 0.5) is 0 Å². The normalized spacial score (nSPS) is 15.8.